The normalized spacial score (nSPS) is 14.2. The fraction of sp³-hybridized carbons (Fsp3) is 0.556. The number of rotatable bonds is 8. The van der Waals surface area contributed by atoms with E-state index >= 15 is 0 Å². The van der Waals surface area contributed by atoms with Gasteiger partial charge >= 0.3 is 5.97 Å². The van der Waals surface area contributed by atoms with Gasteiger partial charge in [0.25, 0.3) is 5.91 Å². The van der Waals surface area contributed by atoms with E-state index in [-0.39, 0.29) is 12.5 Å². The minimum atomic E-state index is -0.494. The van der Waals surface area contributed by atoms with Crippen molar-refractivity contribution < 1.29 is 14.3 Å². The number of nitrogens with zero attached hydrogens (tertiary/aromatic N) is 1. The highest BCUT2D eigenvalue weighted by Crippen LogP contribution is 2.38. The van der Waals surface area contributed by atoms with Gasteiger partial charge in [0.05, 0.1) is 0 Å². The van der Waals surface area contributed by atoms with Crippen LogP contribution in [0.15, 0.2) is 12.1 Å². The van der Waals surface area contributed by atoms with Gasteiger partial charge in [0.15, 0.2) is 6.61 Å². The lowest BCUT2D eigenvalue weighted by molar-refractivity contribution is -0.143. The minimum Gasteiger partial charge on any atom is -0.452 e. The van der Waals surface area contributed by atoms with Gasteiger partial charge in [0, 0.05) is 30.1 Å². The van der Waals surface area contributed by atoms with Crippen molar-refractivity contribution in [1.29, 1.82) is 0 Å². The molecular formula is C18H26N2O3. The maximum atomic E-state index is 11.7. The summed E-state index contributed by atoms with van der Waals surface area (Å²) < 4.78 is 7.27. The summed E-state index contributed by atoms with van der Waals surface area (Å²) in [5.74, 6) is -0.751. The molecule has 1 amide bonds. The molecule has 126 valence electrons. The van der Waals surface area contributed by atoms with Crippen LogP contribution in [-0.2, 0) is 14.3 Å². The van der Waals surface area contributed by atoms with Gasteiger partial charge in [-0.25, -0.2) is 4.79 Å². The van der Waals surface area contributed by atoms with Crippen LogP contribution in [0.3, 0.4) is 0 Å². The average Bonchev–Trinajstić information content (AvgIpc) is 3.30. The lowest BCUT2D eigenvalue weighted by Crippen LogP contribution is -2.29. The quantitative estimate of drug-likeness (QED) is 0.455. The van der Waals surface area contributed by atoms with Crippen LogP contribution >= 0.6 is 0 Å². The lowest BCUT2D eigenvalue weighted by atomic mass is 10.2. The summed E-state index contributed by atoms with van der Waals surface area (Å²) in [5, 5.41) is 2.71. The van der Waals surface area contributed by atoms with E-state index in [4.69, 9.17) is 4.74 Å². The number of unbranched alkanes of at least 4 members (excludes halogenated alkanes) is 1. The summed E-state index contributed by atoms with van der Waals surface area (Å²) >= 11 is 0. The largest absolute Gasteiger partial charge is 0.452 e. The Balaban J connectivity index is 1.82. The third-order valence-electron chi connectivity index (χ3n) is 4.03. The van der Waals surface area contributed by atoms with Crippen LogP contribution in [-0.4, -0.2) is 29.6 Å². The number of aromatic nitrogens is 1. The maximum absolute atomic E-state index is 11.7. The number of esters is 1. The number of aryl methyl sites for hydroxylation is 1. The van der Waals surface area contributed by atoms with Crippen molar-refractivity contribution in [2.75, 3.05) is 13.2 Å². The van der Waals surface area contributed by atoms with Gasteiger partial charge in [-0.3, -0.25) is 4.79 Å². The van der Waals surface area contributed by atoms with E-state index in [1.54, 1.807) is 6.08 Å². The molecule has 0 aromatic carbocycles. The molecule has 1 aromatic rings. The molecule has 5 heteroatoms. The molecular weight excluding hydrogens is 292 g/mol. The van der Waals surface area contributed by atoms with E-state index in [1.807, 2.05) is 0 Å². The van der Waals surface area contributed by atoms with Gasteiger partial charge in [-0.1, -0.05) is 13.3 Å². The highest BCUT2D eigenvalue weighted by atomic mass is 16.5. The Kier molecular flexibility index (Phi) is 6.02. The highest BCUT2D eigenvalue weighted by molar-refractivity contribution is 5.89. The van der Waals surface area contributed by atoms with Gasteiger partial charge in [-0.05, 0) is 50.8 Å². The first-order chi connectivity index (χ1) is 11.0. The first-order valence-corrected chi connectivity index (χ1v) is 8.33. The second kappa shape index (κ2) is 7.99. The van der Waals surface area contributed by atoms with E-state index in [1.165, 1.54) is 30.3 Å². The number of nitrogens with one attached hydrogen (secondary N) is 1. The predicted octanol–water partition coefficient (Wildman–Crippen LogP) is 2.91. The van der Waals surface area contributed by atoms with E-state index in [0.29, 0.717) is 12.6 Å². The van der Waals surface area contributed by atoms with Crippen LogP contribution in [0.5, 0.6) is 0 Å². The van der Waals surface area contributed by atoms with Crippen LogP contribution < -0.4 is 5.32 Å². The van der Waals surface area contributed by atoms with Crippen molar-refractivity contribution in [1.82, 2.24) is 9.88 Å². The number of hydrogen-bond donors (Lipinski definition) is 1. The molecule has 1 heterocycles. The molecule has 0 radical (unpaired) electrons. The Hall–Kier alpha value is -2.04. The van der Waals surface area contributed by atoms with Crippen LogP contribution in [0, 0.1) is 13.8 Å². The molecule has 1 N–H and O–H groups in total. The second-order valence-electron chi connectivity index (χ2n) is 6.07. The van der Waals surface area contributed by atoms with Gasteiger partial charge in [-0.2, -0.15) is 0 Å². The van der Waals surface area contributed by atoms with E-state index in [9.17, 15) is 9.59 Å². The second-order valence-corrected chi connectivity index (χ2v) is 6.07. The van der Waals surface area contributed by atoms with E-state index < -0.39 is 5.97 Å². The molecule has 1 saturated carbocycles. The Morgan fingerprint density at radius 1 is 1.39 bits per heavy atom. The van der Waals surface area contributed by atoms with E-state index in [2.05, 4.69) is 36.7 Å². The van der Waals surface area contributed by atoms with Gasteiger partial charge in [-0.15, -0.1) is 0 Å². The average molecular weight is 318 g/mol. The van der Waals surface area contributed by atoms with Gasteiger partial charge in [0.2, 0.25) is 0 Å². The molecule has 1 fully saturated rings. The van der Waals surface area contributed by atoms with Crippen LogP contribution in [0.2, 0.25) is 0 Å². The first-order valence-electron chi connectivity index (χ1n) is 8.33. The Morgan fingerprint density at radius 3 is 2.78 bits per heavy atom. The topological polar surface area (TPSA) is 60.3 Å². The standard InChI is InChI=1S/C18H26N2O3/c1-4-5-10-19-17(21)12-23-18(22)9-6-15-11-13(2)20(14(15)3)16-7-8-16/h6,9,11,16H,4-5,7-8,10,12H2,1-3H3,(H,19,21)/b9-6+. The highest BCUT2D eigenvalue weighted by Gasteiger charge is 2.26. The number of carbonyl (C=O) groups is 2. The summed E-state index contributed by atoms with van der Waals surface area (Å²) in [5.41, 5.74) is 3.42. The zero-order valence-corrected chi connectivity index (χ0v) is 14.2. The smallest absolute Gasteiger partial charge is 0.331 e. The van der Waals surface area contributed by atoms with Crippen molar-refractivity contribution in [2.24, 2.45) is 0 Å². The van der Waals surface area contributed by atoms with Crippen LogP contribution in [0.4, 0.5) is 0 Å². The van der Waals surface area contributed by atoms with Crippen molar-refractivity contribution in [2.45, 2.75) is 52.5 Å². The molecule has 1 aliphatic rings. The van der Waals surface area contributed by atoms with Crippen LogP contribution in [0.25, 0.3) is 6.08 Å². The molecule has 0 atom stereocenters. The van der Waals surface area contributed by atoms with Crippen LogP contribution in [0.1, 0.15) is 55.6 Å². The molecule has 0 bridgehead atoms. The molecule has 1 aliphatic carbocycles. The lowest BCUT2D eigenvalue weighted by Gasteiger charge is -2.06. The van der Waals surface area contributed by atoms with E-state index in [0.717, 1.165) is 18.4 Å². The van der Waals surface area contributed by atoms with Gasteiger partial charge in [0.1, 0.15) is 0 Å². The maximum Gasteiger partial charge on any atom is 0.331 e. The third-order valence-corrected chi connectivity index (χ3v) is 4.03. The molecule has 2 rings (SSSR count). The summed E-state index contributed by atoms with van der Waals surface area (Å²) in [6.07, 6.45) is 7.55. The predicted molar refractivity (Wildman–Crippen MR) is 90.1 cm³/mol. The SMILES string of the molecule is CCCCNC(=O)COC(=O)/C=C/c1cc(C)n(C2CC2)c1C. The Bertz CT molecular complexity index is 598. The Labute approximate surface area is 137 Å². The molecule has 5 nitrogen and oxygen atoms in total. The summed E-state index contributed by atoms with van der Waals surface area (Å²) in [4.78, 5) is 23.2. The molecule has 1 aromatic heterocycles. The van der Waals surface area contributed by atoms with Gasteiger partial charge < -0.3 is 14.6 Å². The zero-order valence-electron chi connectivity index (χ0n) is 14.2. The summed E-state index contributed by atoms with van der Waals surface area (Å²) in [6.45, 7) is 6.60. The number of ether oxygens (including phenoxy) is 1. The fourth-order valence-electron chi connectivity index (χ4n) is 2.66. The monoisotopic (exact) mass is 318 g/mol. The van der Waals surface area contributed by atoms with Crippen molar-refractivity contribution >= 4 is 18.0 Å². The number of carbonyl (C=O) groups excluding carboxylic acids is 2. The van der Waals surface area contributed by atoms with Crippen molar-refractivity contribution in [3.05, 3.63) is 29.1 Å². The molecule has 0 saturated heterocycles. The molecule has 0 aliphatic heterocycles. The van der Waals surface area contributed by atoms with Crippen molar-refractivity contribution in [3.8, 4) is 0 Å². The minimum absolute atomic E-state index is 0.228. The Morgan fingerprint density at radius 2 is 2.13 bits per heavy atom. The van der Waals surface area contributed by atoms with Crippen molar-refractivity contribution in [3.63, 3.8) is 0 Å². The zero-order chi connectivity index (χ0) is 16.8. The summed E-state index contributed by atoms with van der Waals surface area (Å²) in [6, 6.07) is 2.70. The summed E-state index contributed by atoms with van der Waals surface area (Å²) in [7, 11) is 0. The first kappa shape index (κ1) is 17.3. The molecule has 0 spiro atoms. The third kappa shape index (κ3) is 4.98. The molecule has 23 heavy (non-hydrogen) atoms. The molecule has 0 unspecified atom stereocenters. The fourth-order valence-corrected chi connectivity index (χ4v) is 2.66. The number of hydrogen-bond acceptors (Lipinski definition) is 3. The number of amides is 1.